The molecule has 3 aromatic rings. The number of hydrogen-bond acceptors (Lipinski definition) is 5. The Balaban J connectivity index is 1.86. The number of pyridine rings is 1. The van der Waals surface area contributed by atoms with E-state index in [0.29, 0.717) is 0 Å². The normalized spacial score (nSPS) is 10.3. The van der Waals surface area contributed by atoms with Crippen molar-refractivity contribution in [1.82, 2.24) is 4.98 Å². The van der Waals surface area contributed by atoms with Crippen molar-refractivity contribution in [2.24, 2.45) is 0 Å². The fourth-order valence-electron chi connectivity index (χ4n) is 2.40. The Kier molecular flexibility index (Phi) is 5.79. The van der Waals surface area contributed by atoms with Crippen molar-refractivity contribution < 1.29 is 18.9 Å². The average molecular weight is 415 g/mol. The average Bonchev–Trinajstić information content (AvgIpc) is 2.70. The molecule has 0 saturated heterocycles. The van der Waals surface area contributed by atoms with Gasteiger partial charge >= 0.3 is 0 Å². The Labute approximate surface area is 168 Å². The van der Waals surface area contributed by atoms with Gasteiger partial charge in [0.1, 0.15) is 16.5 Å². The lowest BCUT2D eigenvalue weighted by atomic mass is 10.1. The minimum absolute atomic E-state index is 0.0307. The summed E-state index contributed by atoms with van der Waals surface area (Å²) >= 11 is 5.74. The molecule has 0 fully saturated rings. The fourth-order valence-corrected chi connectivity index (χ4v) is 2.59. The minimum Gasteiger partial charge on any atom is -0.320 e. The van der Waals surface area contributed by atoms with E-state index in [-0.39, 0.29) is 27.7 Å². The number of carbonyl (C=O) groups excluding carboxylic acids is 2. The molecule has 2 amide bonds. The van der Waals surface area contributed by atoms with E-state index in [2.05, 4.69) is 15.6 Å². The predicted molar refractivity (Wildman–Crippen MR) is 105 cm³/mol. The van der Waals surface area contributed by atoms with Crippen molar-refractivity contribution in [2.45, 2.75) is 0 Å². The summed E-state index contributed by atoms with van der Waals surface area (Å²) in [6.07, 6.45) is 1.44. The maximum Gasteiger partial charge on any atom is 0.288 e. The van der Waals surface area contributed by atoms with Crippen LogP contribution in [0, 0.1) is 15.9 Å². The third-order valence-electron chi connectivity index (χ3n) is 3.78. The number of hydrogen-bond donors (Lipinski definition) is 2. The topological polar surface area (TPSA) is 114 Å². The van der Waals surface area contributed by atoms with Crippen LogP contribution in [0.1, 0.15) is 20.8 Å². The zero-order chi connectivity index (χ0) is 21.0. The number of aromatic nitrogens is 1. The first-order chi connectivity index (χ1) is 13.8. The van der Waals surface area contributed by atoms with Crippen molar-refractivity contribution in [3.8, 4) is 0 Å². The van der Waals surface area contributed by atoms with Crippen LogP contribution in [-0.4, -0.2) is 21.7 Å². The summed E-state index contributed by atoms with van der Waals surface area (Å²) in [5.41, 5.74) is -0.284. The highest BCUT2D eigenvalue weighted by atomic mass is 35.5. The van der Waals surface area contributed by atoms with Gasteiger partial charge in [-0.3, -0.25) is 24.7 Å². The SMILES string of the molecule is O=C(Nc1cc(F)ccc1NC(=O)c1ccccn1)c1ccc(Cl)c([N+](=O)[O-])c1. The van der Waals surface area contributed by atoms with Gasteiger partial charge < -0.3 is 10.6 Å². The van der Waals surface area contributed by atoms with Crippen LogP contribution in [0.15, 0.2) is 60.8 Å². The van der Waals surface area contributed by atoms with Crippen molar-refractivity contribution in [3.63, 3.8) is 0 Å². The standard InChI is InChI=1S/C19H12ClFN4O4/c20-13-6-4-11(9-17(13)25(28)29)18(26)24-16-10-12(21)5-7-14(16)23-19(27)15-3-1-2-8-22-15/h1-10H,(H,23,27)(H,24,26). The second kappa shape index (κ2) is 8.44. The van der Waals surface area contributed by atoms with Crippen LogP contribution in [0.25, 0.3) is 0 Å². The zero-order valence-corrected chi connectivity index (χ0v) is 15.3. The monoisotopic (exact) mass is 414 g/mol. The molecule has 0 saturated carbocycles. The van der Waals surface area contributed by atoms with Crippen LogP contribution in [-0.2, 0) is 0 Å². The van der Waals surface area contributed by atoms with Crippen molar-refractivity contribution in [1.29, 1.82) is 0 Å². The molecule has 2 N–H and O–H groups in total. The molecule has 0 aliphatic carbocycles. The number of carbonyl (C=O) groups is 2. The second-order valence-corrected chi connectivity index (χ2v) is 6.14. The Morgan fingerprint density at radius 3 is 2.45 bits per heavy atom. The molecule has 2 aromatic carbocycles. The molecule has 146 valence electrons. The summed E-state index contributed by atoms with van der Waals surface area (Å²) in [5, 5.41) is 15.8. The molecule has 0 bridgehead atoms. The van der Waals surface area contributed by atoms with Gasteiger partial charge in [-0.15, -0.1) is 0 Å². The molecule has 0 aliphatic rings. The highest BCUT2D eigenvalue weighted by molar-refractivity contribution is 6.32. The van der Waals surface area contributed by atoms with Crippen LogP contribution in [0.3, 0.4) is 0 Å². The molecule has 1 heterocycles. The quantitative estimate of drug-likeness (QED) is 0.477. The van der Waals surface area contributed by atoms with Gasteiger partial charge in [-0.2, -0.15) is 0 Å². The van der Waals surface area contributed by atoms with Gasteiger partial charge in [0.2, 0.25) is 0 Å². The lowest BCUT2D eigenvalue weighted by Gasteiger charge is -2.12. The molecule has 0 radical (unpaired) electrons. The third kappa shape index (κ3) is 4.71. The highest BCUT2D eigenvalue weighted by Crippen LogP contribution is 2.27. The number of rotatable bonds is 5. The second-order valence-electron chi connectivity index (χ2n) is 5.74. The first-order valence-corrected chi connectivity index (χ1v) is 8.50. The summed E-state index contributed by atoms with van der Waals surface area (Å²) in [4.78, 5) is 39.0. The molecule has 8 nitrogen and oxygen atoms in total. The summed E-state index contributed by atoms with van der Waals surface area (Å²) in [6.45, 7) is 0. The van der Waals surface area contributed by atoms with E-state index in [9.17, 15) is 24.1 Å². The van der Waals surface area contributed by atoms with E-state index >= 15 is 0 Å². The number of halogens is 2. The molecule has 10 heteroatoms. The number of nitro benzene ring substituents is 1. The van der Waals surface area contributed by atoms with Crippen LogP contribution in [0.5, 0.6) is 0 Å². The van der Waals surface area contributed by atoms with E-state index < -0.39 is 28.2 Å². The number of amides is 2. The lowest BCUT2D eigenvalue weighted by Crippen LogP contribution is -2.17. The van der Waals surface area contributed by atoms with Gasteiger partial charge in [-0.25, -0.2) is 4.39 Å². The van der Waals surface area contributed by atoms with E-state index in [0.717, 1.165) is 18.2 Å². The zero-order valence-electron chi connectivity index (χ0n) is 14.6. The molecule has 29 heavy (non-hydrogen) atoms. The Bertz CT molecular complexity index is 1110. The maximum atomic E-state index is 13.7. The Morgan fingerprint density at radius 1 is 1.00 bits per heavy atom. The Morgan fingerprint density at radius 2 is 1.76 bits per heavy atom. The molecule has 0 spiro atoms. The minimum atomic E-state index is -0.747. The summed E-state index contributed by atoms with van der Waals surface area (Å²) in [5.74, 6) is -1.96. The largest absolute Gasteiger partial charge is 0.320 e. The van der Waals surface area contributed by atoms with Gasteiger partial charge in [0.15, 0.2) is 0 Å². The van der Waals surface area contributed by atoms with Crippen LogP contribution in [0.4, 0.5) is 21.5 Å². The molecule has 3 rings (SSSR count). The summed E-state index contributed by atoms with van der Waals surface area (Å²) < 4.78 is 13.7. The van der Waals surface area contributed by atoms with Crippen molar-refractivity contribution in [3.05, 3.63) is 93.0 Å². The number of nitrogens with zero attached hydrogens (tertiary/aromatic N) is 2. The van der Waals surface area contributed by atoms with E-state index in [1.165, 1.54) is 30.5 Å². The van der Waals surface area contributed by atoms with Gasteiger partial charge in [0.05, 0.1) is 16.3 Å². The molecule has 0 aliphatic heterocycles. The predicted octanol–water partition coefficient (Wildman–Crippen LogP) is 4.29. The van der Waals surface area contributed by atoms with Gasteiger partial charge in [0, 0.05) is 17.8 Å². The number of anilines is 2. The number of benzene rings is 2. The first kappa shape index (κ1) is 19.9. The molecule has 0 atom stereocenters. The maximum absolute atomic E-state index is 13.7. The smallest absolute Gasteiger partial charge is 0.288 e. The van der Waals surface area contributed by atoms with Crippen LogP contribution < -0.4 is 10.6 Å². The lowest BCUT2D eigenvalue weighted by molar-refractivity contribution is -0.384. The van der Waals surface area contributed by atoms with Gasteiger partial charge in [0.25, 0.3) is 17.5 Å². The summed E-state index contributed by atoms with van der Waals surface area (Å²) in [6, 6.07) is 11.7. The van der Waals surface area contributed by atoms with Gasteiger partial charge in [-0.05, 0) is 42.5 Å². The van der Waals surface area contributed by atoms with E-state index in [4.69, 9.17) is 11.6 Å². The highest BCUT2D eigenvalue weighted by Gasteiger charge is 2.18. The van der Waals surface area contributed by atoms with Crippen LogP contribution in [0.2, 0.25) is 5.02 Å². The number of nitrogens with one attached hydrogen (secondary N) is 2. The summed E-state index contributed by atoms with van der Waals surface area (Å²) in [7, 11) is 0. The van der Waals surface area contributed by atoms with E-state index in [1.807, 2.05) is 0 Å². The molecular formula is C19H12ClFN4O4. The first-order valence-electron chi connectivity index (χ1n) is 8.12. The van der Waals surface area contributed by atoms with Crippen molar-refractivity contribution in [2.75, 3.05) is 10.6 Å². The third-order valence-corrected chi connectivity index (χ3v) is 4.10. The fraction of sp³-hybridized carbons (Fsp3) is 0. The van der Waals surface area contributed by atoms with E-state index in [1.54, 1.807) is 12.1 Å². The van der Waals surface area contributed by atoms with Crippen molar-refractivity contribution >= 4 is 40.5 Å². The van der Waals surface area contributed by atoms with Gasteiger partial charge in [-0.1, -0.05) is 17.7 Å². The molecule has 0 unspecified atom stereocenters. The Hall–Kier alpha value is -3.85. The molecule has 1 aromatic heterocycles. The number of nitro groups is 1. The van der Waals surface area contributed by atoms with Crippen LogP contribution >= 0.6 is 11.6 Å². The molecular weight excluding hydrogens is 403 g/mol.